The average Bonchev–Trinajstić information content (AvgIpc) is 2.43. The Morgan fingerprint density at radius 3 is 2.37 bits per heavy atom. The molecule has 0 aliphatic rings. The van der Waals surface area contributed by atoms with Crippen molar-refractivity contribution in [3.8, 4) is 11.5 Å². The fraction of sp³-hybridized carbons (Fsp3) is 0.462. The van der Waals surface area contributed by atoms with Crippen LogP contribution in [0.5, 0.6) is 11.5 Å². The highest BCUT2D eigenvalue weighted by atomic mass is 16.5. The number of amides is 1. The topological polar surface area (TPSA) is 82.8 Å². The molecule has 1 aromatic carbocycles. The Labute approximate surface area is 112 Å². The Kier molecular flexibility index (Phi) is 5.44. The van der Waals surface area contributed by atoms with Crippen LogP contribution in [0.4, 0.5) is 5.69 Å². The molecule has 1 amide bonds. The van der Waals surface area contributed by atoms with E-state index in [1.807, 2.05) is 6.92 Å². The first kappa shape index (κ1) is 15.1. The second kappa shape index (κ2) is 6.84. The van der Waals surface area contributed by atoms with E-state index in [9.17, 15) is 4.79 Å². The summed E-state index contributed by atoms with van der Waals surface area (Å²) < 4.78 is 15.3. The highest BCUT2D eigenvalue weighted by Crippen LogP contribution is 2.31. The molecule has 0 saturated carbocycles. The second-order valence-electron chi connectivity index (χ2n) is 4.05. The highest BCUT2D eigenvalue weighted by Gasteiger charge is 2.15. The van der Waals surface area contributed by atoms with Crippen LogP contribution in [0, 0.1) is 0 Å². The number of anilines is 1. The lowest BCUT2D eigenvalue weighted by Gasteiger charge is -2.14. The predicted molar refractivity (Wildman–Crippen MR) is 72.8 cm³/mol. The fourth-order valence-electron chi connectivity index (χ4n) is 1.51. The van der Waals surface area contributed by atoms with E-state index in [1.54, 1.807) is 19.2 Å². The number of carbonyl (C=O) groups excluding carboxylic acids is 1. The lowest BCUT2D eigenvalue weighted by atomic mass is 10.1. The summed E-state index contributed by atoms with van der Waals surface area (Å²) in [5, 5.41) is 2.74. The number of benzene rings is 1. The minimum absolute atomic E-state index is 0.0645. The zero-order chi connectivity index (χ0) is 14.4. The Hall–Kier alpha value is -1.95. The number of nitrogens with one attached hydrogen (secondary N) is 1. The summed E-state index contributed by atoms with van der Waals surface area (Å²) in [7, 11) is 4.60. The quantitative estimate of drug-likeness (QED) is 0.753. The van der Waals surface area contributed by atoms with Gasteiger partial charge in [-0.15, -0.1) is 0 Å². The molecule has 1 unspecified atom stereocenters. The molecule has 0 bridgehead atoms. The maximum absolute atomic E-state index is 12.0. The fourth-order valence-corrected chi connectivity index (χ4v) is 1.51. The normalized spacial score (nSPS) is 11.8. The summed E-state index contributed by atoms with van der Waals surface area (Å²) in [6.45, 7) is 2.27. The smallest absolute Gasteiger partial charge is 0.253 e. The van der Waals surface area contributed by atoms with Gasteiger partial charge in [0, 0.05) is 25.4 Å². The number of carbonyl (C=O) groups is 1. The van der Waals surface area contributed by atoms with Gasteiger partial charge in [-0.2, -0.15) is 0 Å². The standard InChI is InChI=1S/C13H20N2O4/c1-8(17-2)7-15-13(16)9-5-11(18-3)12(19-4)6-10(9)14/h5-6,8H,7,14H2,1-4H3,(H,15,16). The minimum atomic E-state index is -0.276. The lowest BCUT2D eigenvalue weighted by Crippen LogP contribution is -2.32. The van der Waals surface area contributed by atoms with Gasteiger partial charge < -0.3 is 25.3 Å². The SMILES string of the molecule is COc1cc(N)c(C(=O)NCC(C)OC)cc1OC. The summed E-state index contributed by atoms with van der Waals surface area (Å²) in [6.07, 6.45) is -0.0645. The van der Waals surface area contributed by atoms with E-state index in [-0.39, 0.29) is 12.0 Å². The molecule has 1 atom stereocenters. The predicted octanol–water partition coefficient (Wildman–Crippen LogP) is 1.05. The zero-order valence-electron chi connectivity index (χ0n) is 11.6. The molecular weight excluding hydrogens is 248 g/mol. The van der Waals surface area contributed by atoms with Gasteiger partial charge in [-0.05, 0) is 13.0 Å². The molecule has 0 aliphatic carbocycles. The van der Waals surface area contributed by atoms with E-state index < -0.39 is 0 Å². The molecule has 0 saturated heterocycles. The van der Waals surface area contributed by atoms with Crippen molar-refractivity contribution in [2.75, 3.05) is 33.6 Å². The summed E-state index contributed by atoms with van der Waals surface area (Å²) in [5.74, 6) is 0.672. The lowest BCUT2D eigenvalue weighted by molar-refractivity contribution is 0.0871. The van der Waals surface area contributed by atoms with Crippen molar-refractivity contribution in [2.45, 2.75) is 13.0 Å². The van der Waals surface area contributed by atoms with Gasteiger partial charge >= 0.3 is 0 Å². The molecule has 0 spiro atoms. The van der Waals surface area contributed by atoms with E-state index in [4.69, 9.17) is 19.9 Å². The number of rotatable bonds is 6. The van der Waals surface area contributed by atoms with Crippen LogP contribution in [0.3, 0.4) is 0 Å². The van der Waals surface area contributed by atoms with Crippen LogP contribution in [-0.2, 0) is 4.74 Å². The molecule has 19 heavy (non-hydrogen) atoms. The van der Waals surface area contributed by atoms with Gasteiger partial charge in [0.15, 0.2) is 11.5 Å². The maximum atomic E-state index is 12.0. The average molecular weight is 268 g/mol. The van der Waals surface area contributed by atoms with Crippen LogP contribution >= 0.6 is 0 Å². The van der Waals surface area contributed by atoms with E-state index in [0.29, 0.717) is 29.3 Å². The third-order valence-corrected chi connectivity index (χ3v) is 2.75. The third kappa shape index (κ3) is 3.75. The number of methoxy groups -OCH3 is 3. The first-order valence-electron chi connectivity index (χ1n) is 5.86. The summed E-state index contributed by atoms with van der Waals surface area (Å²) >= 11 is 0. The van der Waals surface area contributed by atoms with Crippen molar-refractivity contribution in [3.63, 3.8) is 0 Å². The van der Waals surface area contributed by atoms with Gasteiger partial charge in [0.25, 0.3) is 5.91 Å². The monoisotopic (exact) mass is 268 g/mol. The third-order valence-electron chi connectivity index (χ3n) is 2.75. The van der Waals surface area contributed by atoms with Crippen LogP contribution in [0.2, 0.25) is 0 Å². The van der Waals surface area contributed by atoms with Crippen molar-refractivity contribution < 1.29 is 19.0 Å². The summed E-state index contributed by atoms with van der Waals surface area (Å²) in [4.78, 5) is 12.0. The van der Waals surface area contributed by atoms with Crippen LogP contribution in [0.15, 0.2) is 12.1 Å². The molecule has 0 radical (unpaired) electrons. The van der Waals surface area contributed by atoms with Gasteiger partial charge in [-0.1, -0.05) is 0 Å². The van der Waals surface area contributed by atoms with Crippen LogP contribution in [0.1, 0.15) is 17.3 Å². The number of hydrogen-bond acceptors (Lipinski definition) is 5. The van der Waals surface area contributed by atoms with Crippen molar-refractivity contribution in [1.82, 2.24) is 5.32 Å². The Morgan fingerprint density at radius 2 is 1.84 bits per heavy atom. The molecule has 3 N–H and O–H groups in total. The van der Waals surface area contributed by atoms with Crippen LogP contribution < -0.4 is 20.5 Å². The molecule has 0 aliphatic heterocycles. The molecule has 6 heteroatoms. The highest BCUT2D eigenvalue weighted by molar-refractivity contribution is 6.00. The summed E-state index contributed by atoms with van der Waals surface area (Å²) in [6, 6.07) is 3.12. The van der Waals surface area contributed by atoms with Gasteiger partial charge in [0.2, 0.25) is 0 Å². The summed E-state index contributed by atoms with van der Waals surface area (Å²) in [5.41, 5.74) is 6.51. The van der Waals surface area contributed by atoms with E-state index in [1.165, 1.54) is 14.2 Å². The van der Waals surface area contributed by atoms with Gasteiger partial charge in [0.05, 0.1) is 25.9 Å². The minimum Gasteiger partial charge on any atom is -0.493 e. The Bertz CT molecular complexity index is 449. The molecule has 0 fully saturated rings. The molecule has 1 aromatic rings. The molecule has 0 heterocycles. The Balaban J connectivity index is 2.90. The van der Waals surface area contributed by atoms with Crippen molar-refractivity contribution in [1.29, 1.82) is 0 Å². The largest absolute Gasteiger partial charge is 0.493 e. The van der Waals surface area contributed by atoms with E-state index in [2.05, 4.69) is 5.32 Å². The van der Waals surface area contributed by atoms with Crippen LogP contribution in [0.25, 0.3) is 0 Å². The second-order valence-corrected chi connectivity index (χ2v) is 4.05. The van der Waals surface area contributed by atoms with Crippen LogP contribution in [-0.4, -0.2) is 39.9 Å². The first-order chi connectivity index (χ1) is 9.03. The Morgan fingerprint density at radius 1 is 1.26 bits per heavy atom. The van der Waals surface area contributed by atoms with Crippen molar-refractivity contribution in [2.24, 2.45) is 0 Å². The first-order valence-corrected chi connectivity index (χ1v) is 5.86. The number of ether oxygens (including phenoxy) is 3. The number of hydrogen-bond donors (Lipinski definition) is 2. The molecule has 6 nitrogen and oxygen atoms in total. The number of nitrogen functional groups attached to an aromatic ring is 1. The molecule has 0 aromatic heterocycles. The zero-order valence-corrected chi connectivity index (χ0v) is 11.6. The van der Waals surface area contributed by atoms with Gasteiger partial charge in [-0.25, -0.2) is 0 Å². The maximum Gasteiger partial charge on any atom is 0.253 e. The molecule has 1 rings (SSSR count). The molecular formula is C13H20N2O4. The van der Waals surface area contributed by atoms with Gasteiger partial charge in [-0.3, -0.25) is 4.79 Å². The number of nitrogens with two attached hydrogens (primary N) is 1. The van der Waals surface area contributed by atoms with Crippen molar-refractivity contribution in [3.05, 3.63) is 17.7 Å². The van der Waals surface area contributed by atoms with Gasteiger partial charge in [0.1, 0.15) is 0 Å². The molecule has 106 valence electrons. The van der Waals surface area contributed by atoms with E-state index in [0.717, 1.165) is 0 Å². The van der Waals surface area contributed by atoms with Crippen molar-refractivity contribution >= 4 is 11.6 Å². The van der Waals surface area contributed by atoms with E-state index >= 15 is 0 Å².